The monoisotopic (exact) mass is 408 g/mol. The number of benzene rings is 1. The van der Waals surface area contributed by atoms with Crippen LogP contribution in [-0.4, -0.2) is 47.7 Å². The van der Waals surface area contributed by atoms with Crippen molar-refractivity contribution in [3.05, 3.63) is 29.3 Å². The fourth-order valence-electron chi connectivity index (χ4n) is 3.66. The van der Waals surface area contributed by atoms with Gasteiger partial charge in [0.25, 0.3) is 0 Å². The molecule has 6 nitrogen and oxygen atoms in total. The Morgan fingerprint density at radius 1 is 1.14 bits per heavy atom. The van der Waals surface area contributed by atoms with Crippen molar-refractivity contribution in [3.63, 3.8) is 0 Å². The van der Waals surface area contributed by atoms with Crippen LogP contribution in [0.15, 0.2) is 24.3 Å². The Kier molecular flexibility index (Phi) is 5.54. The predicted octanol–water partition coefficient (Wildman–Crippen LogP) is 3.73. The van der Waals surface area contributed by atoms with Crippen LogP contribution >= 0.6 is 11.6 Å². The molecule has 2 fully saturated rings. The van der Waals surface area contributed by atoms with Crippen molar-refractivity contribution in [2.24, 2.45) is 17.8 Å². The first-order valence-electron chi connectivity index (χ1n) is 9.64. The highest BCUT2D eigenvalue weighted by Crippen LogP contribution is 2.52. The molecule has 1 saturated carbocycles. The van der Waals surface area contributed by atoms with Crippen molar-refractivity contribution in [1.29, 1.82) is 0 Å². The number of carbonyl (C=O) groups excluding carboxylic acids is 2. The van der Waals surface area contributed by atoms with Crippen molar-refractivity contribution < 1.29 is 19.1 Å². The number of piperidine rings is 1. The molecule has 1 saturated heterocycles. The van der Waals surface area contributed by atoms with Gasteiger partial charge in [-0.3, -0.25) is 4.79 Å². The molecule has 0 aromatic heterocycles. The van der Waals surface area contributed by atoms with Crippen LogP contribution in [0.4, 0.5) is 4.79 Å². The molecule has 3 rings (SSSR count). The molecule has 154 valence electrons. The smallest absolute Gasteiger partial charge is 0.410 e. The fraction of sp³-hybridized carbons (Fsp3) is 0.619. The van der Waals surface area contributed by atoms with Crippen LogP contribution in [0, 0.1) is 17.8 Å². The second-order valence-electron chi connectivity index (χ2n) is 9.33. The van der Waals surface area contributed by atoms with E-state index in [0.29, 0.717) is 30.5 Å². The molecule has 3 atom stereocenters. The van der Waals surface area contributed by atoms with Crippen LogP contribution in [0.3, 0.4) is 0 Å². The van der Waals surface area contributed by atoms with Gasteiger partial charge in [-0.15, -0.1) is 0 Å². The third-order valence-corrected chi connectivity index (χ3v) is 5.35. The number of nitrogens with zero attached hydrogens (tertiary/aromatic N) is 1. The van der Waals surface area contributed by atoms with Crippen molar-refractivity contribution in [1.82, 2.24) is 10.2 Å². The van der Waals surface area contributed by atoms with E-state index in [9.17, 15) is 9.59 Å². The molecule has 1 aromatic rings. The van der Waals surface area contributed by atoms with E-state index in [2.05, 4.69) is 5.32 Å². The highest BCUT2D eigenvalue weighted by molar-refractivity contribution is 6.32. The maximum Gasteiger partial charge on any atom is 0.410 e. The van der Waals surface area contributed by atoms with Gasteiger partial charge in [-0.1, -0.05) is 23.7 Å². The van der Waals surface area contributed by atoms with E-state index in [1.54, 1.807) is 17.0 Å². The van der Waals surface area contributed by atoms with Crippen molar-refractivity contribution in [3.8, 4) is 5.75 Å². The number of likely N-dealkylation sites (tertiary alicyclic amines) is 1. The molecular weight excluding hydrogens is 380 g/mol. The van der Waals surface area contributed by atoms with Crippen LogP contribution in [0.25, 0.3) is 0 Å². The van der Waals surface area contributed by atoms with Crippen LogP contribution < -0.4 is 10.1 Å². The molecule has 0 bridgehead atoms. The highest BCUT2D eigenvalue weighted by Gasteiger charge is 2.61. The summed E-state index contributed by atoms with van der Waals surface area (Å²) in [6.07, 6.45) is -0.299. The van der Waals surface area contributed by atoms with E-state index in [0.717, 1.165) is 0 Å². The zero-order valence-corrected chi connectivity index (χ0v) is 17.9. The minimum absolute atomic E-state index is 0.0200. The van der Waals surface area contributed by atoms with Gasteiger partial charge >= 0.3 is 6.09 Å². The Hall–Kier alpha value is -1.95. The summed E-state index contributed by atoms with van der Waals surface area (Å²) in [7, 11) is 0. The number of amides is 2. The standard InChI is InChI=1S/C21H29ClN2O4/c1-20(2,3)28-19(26)24-10-13-14(11-24)17(13)18(25)23-21(4,5)12-27-16-9-7-6-8-15(16)22/h6-9,13-14,17H,10-12H2,1-5H3,(H,23,25)/t13-,14+,17?. The largest absolute Gasteiger partial charge is 0.490 e. The number of nitrogens with one attached hydrogen (secondary N) is 1. The molecule has 1 aliphatic heterocycles. The number of hydrogen-bond acceptors (Lipinski definition) is 4. The van der Waals surface area contributed by atoms with Gasteiger partial charge in [0.05, 0.1) is 10.6 Å². The van der Waals surface area contributed by atoms with Gasteiger partial charge in [0.2, 0.25) is 5.91 Å². The topological polar surface area (TPSA) is 67.9 Å². The van der Waals surface area contributed by atoms with E-state index in [1.165, 1.54) is 0 Å². The Morgan fingerprint density at radius 3 is 2.32 bits per heavy atom. The quantitative estimate of drug-likeness (QED) is 0.806. The number of fused-ring (bicyclic) bond motifs is 1. The maximum atomic E-state index is 12.7. The van der Waals surface area contributed by atoms with Gasteiger partial charge in [-0.05, 0) is 58.6 Å². The van der Waals surface area contributed by atoms with Gasteiger partial charge < -0.3 is 19.7 Å². The van der Waals surface area contributed by atoms with Gasteiger partial charge in [0.15, 0.2) is 0 Å². The molecule has 2 aliphatic rings. The third-order valence-electron chi connectivity index (χ3n) is 5.04. The first-order chi connectivity index (χ1) is 13.0. The second kappa shape index (κ2) is 7.47. The summed E-state index contributed by atoms with van der Waals surface area (Å²) >= 11 is 6.11. The molecule has 7 heteroatoms. The Morgan fingerprint density at radius 2 is 1.75 bits per heavy atom. The second-order valence-corrected chi connectivity index (χ2v) is 9.74. The van der Waals surface area contributed by atoms with Crippen LogP contribution in [0.1, 0.15) is 34.6 Å². The lowest BCUT2D eigenvalue weighted by Gasteiger charge is -2.28. The Labute approximate surface area is 171 Å². The number of rotatable bonds is 5. The lowest BCUT2D eigenvalue weighted by molar-refractivity contribution is -0.125. The first kappa shape index (κ1) is 20.8. The molecule has 0 spiro atoms. The molecule has 1 N–H and O–H groups in total. The average Bonchev–Trinajstić information content (AvgIpc) is 3.07. The average molecular weight is 409 g/mol. The lowest BCUT2D eigenvalue weighted by Crippen LogP contribution is -2.49. The molecule has 1 unspecified atom stereocenters. The van der Waals surface area contributed by atoms with Gasteiger partial charge in [-0.2, -0.15) is 0 Å². The Balaban J connectivity index is 1.46. The fourth-order valence-corrected chi connectivity index (χ4v) is 3.85. The summed E-state index contributed by atoms with van der Waals surface area (Å²) in [5.74, 6) is 1.01. The lowest BCUT2D eigenvalue weighted by atomic mass is 10.1. The predicted molar refractivity (Wildman–Crippen MR) is 107 cm³/mol. The number of para-hydroxylation sites is 1. The van der Waals surface area contributed by atoms with Gasteiger partial charge in [0.1, 0.15) is 18.0 Å². The van der Waals surface area contributed by atoms with Gasteiger partial charge in [-0.25, -0.2) is 4.79 Å². The number of hydrogen-bond donors (Lipinski definition) is 1. The zero-order chi connectivity index (χ0) is 20.7. The number of halogens is 1. The van der Waals surface area contributed by atoms with E-state index >= 15 is 0 Å². The zero-order valence-electron chi connectivity index (χ0n) is 17.1. The van der Waals surface area contributed by atoms with Crippen LogP contribution in [0.5, 0.6) is 5.75 Å². The van der Waals surface area contributed by atoms with Crippen LogP contribution in [-0.2, 0) is 9.53 Å². The van der Waals surface area contributed by atoms with Crippen LogP contribution in [0.2, 0.25) is 5.02 Å². The van der Waals surface area contributed by atoms with E-state index in [1.807, 2.05) is 46.8 Å². The minimum atomic E-state index is -0.530. The molecule has 2 amide bonds. The van der Waals surface area contributed by atoms with Crippen molar-refractivity contribution in [2.45, 2.75) is 45.8 Å². The number of carbonyl (C=O) groups is 2. The Bertz CT molecular complexity index is 747. The molecular formula is C21H29ClN2O4. The summed E-state index contributed by atoms with van der Waals surface area (Å²) < 4.78 is 11.2. The minimum Gasteiger partial charge on any atom is -0.490 e. The van der Waals surface area contributed by atoms with Crippen molar-refractivity contribution >= 4 is 23.6 Å². The molecule has 1 aliphatic carbocycles. The third kappa shape index (κ3) is 4.90. The van der Waals surface area contributed by atoms with Gasteiger partial charge in [0, 0.05) is 19.0 Å². The van der Waals surface area contributed by atoms with E-state index < -0.39 is 11.1 Å². The molecule has 1 heterocycles. The normalized spacial score (nSPS) is 23.8. The van der Waals surface area contributed by atoms with E-state index in [-0.39, 0.29) is 29.8 Å². The summed E-state index contributed by atoms with van der Waals surface area (Å²) in [5, 5.41) is 3.62. The molecule has 1 aromatic carbocycles. The first-order valence-corrected chi connectivity index (χ1v) is 10.0. The highest BCUT2D eigenvalue weighted by atomic mass is 35.5. The SMILES string of the molecule is CC(C)(COc1ccccc1Cl)NC(=O)C1[C@H]2CN(C(=O)OC(C)(C)C)C[C@@H]12. The number of ether oxygens (including phenoxy) is 2. The summed E-state index contributed by atoms with van der Waals surface area (Å²) in [5.41, 5.74) is -1.04. The van der Waals surface area contributed by atoms with E-state index in [4.69, 9.17) is 21.1 Å². The molecule has 0 radical (unpaired) electrons. The summed E-state index contributed by atoms with van der Waals surface area (Å²) in [4.78, 5) is 26.6. The maximum absolute atomic E-state index is 12.7. The summed E-state index contributed by atoms with van der Waals surface area (Å²) in [6, 6.07) is 7.27. The molecule has 28 heavy (non-hydrogen) atoms. The van der Waals surface area contributed by atoms with Crippen molar-refractivity contribution in [2.75, 3.05) is 19.7 Å². The summed E-state index contributed by atoms with van der Waals surface area (Å²) in [6.45, 7) is 10.9.